The van der Waals surface area contributed by atoms with Gasteiger partial charge in [-0.05, 0) is 63.3 Å². The van der Waals surface area contributed by atoms with Crippen LogP contribution in [-0.2, 0) is 11.2 Å². The van der Waals surface area contributed by atoms with Crippen LogP contribution >= 0.6 is 15.9 Å². The first-order chi connectivity index (χ1) is 9.28. The van der Waals surface area contributed by atoms with Gasteiger partial charge in [-0.1, -0.05) is 28.1 Å². The van der Waals surface area contributed by atoms with Crippen molar-refractivity contribution in [2.45, 2.75) is 50.7 Å². The molecule has 1 aliphatic rings. The van der Waals surface area contributed by atoms with Crippen LogP contribution in [0, 0.1) is 0 Å². The zero-order valence-electron chi connectivity index (χ0n) is 11.7. The Hall–Kier alpha value is -0.380. The van der Waals surface area contributed by atoms with E-state index in [-0.39, 0.29) is 0 Å². The van der Waals surface area contributed by atoms with Gasteiger partial charge >= 0.3 is 0 Å². The molecule has 1 N–H and O–H groups in total. The minimum absolute atomic E-state index is 0.533. The largest absolute Gasteiger partial charge is 0.378 e. The normalized spacial score (nSPS) is 20.6. The molecule has 0 bridgehead atoms. The maximum atomic E-state index is 5.67. The van der Waals surface area contributed by atoms with Gasteiger partial charge in [0.2, 0.25) is 0 Å². The zero-order chi connectivity index (χ0) is 13.5. The molecule has 3 heteroatoms. The lowest BCUT2D eigenvalue weighted by atomic mass is 9.99. The molecule has 2 atom stereocenters. The Bertz CT molecular complexity index is 360. The van der Waals surface area contributed by atoms with Crippen molar-refractivity contribution in [1.82, 2.24) is 5.32 Å². The van der Waals surface area contributed by atoms with E-state index in [1.807, 2.05) is 0 Å². The van der Waals surface area contributed by atoms with E-state index in [4.69, 9.17) is 4.74 Å². The van der Waals surface area contributed by atoms with E-state index in [1.54, 1.807) is 0 Å². The Morgan fingerprint density at radius 1 is 1.37 bits per heavy atom. The fourth-order valence-electron chi connectivity index (χ4n) is 2.72. The van der Waals surface area contributed by atoms with Crippen molar-refractivity contribution in [3.63, 3.8) is 0 Å². The van der Waals surface area contributed by atoms with E-state index in [9.17, 15) is 0 Å². The highest BCUT2D eigenvalue weighted by atomic mass is 79.9. The van der Waals surface area contributed by atoms with Gasteiger partial charge in [0.05, 0.1) is 6.10 Å². The van der Waals surface area contributed by atoms with Gasteiger partial charge in [0.25, 0.3) is 0 Å². The SMILES string of the molecule is CNC(CCCC1CCCO1)Cc1ccc(Br)cc1. The van der Waals surface area contributed by atoms with Crippen molar-refractivity contribution in [3.8, 4) is 0 Å². The van der Waals surface area contributed by atoms with Gasteiger partial charge in [0, 0.05) is 17.1 Å². The van der Waals surface area contributed by atoms with Gasteiger partial charge < -0.3 is 10.1 Å². The molecule has 0 saturated carbocycles. The summed E-state index contributed by atoms with van der Waals surface area (Å²) in [6, 6.07) is 9.22. The average Bonchev–Trinajstić information content (AvgIpc) is 2.93. The highest BCUT2D eigenvalue weighted by Crippen LogP contribution is 2.19. The molecule has 0 amide bonds. The summed E-state index contributed by atoms with van der Waals surface area (Å²) in [6.07, 6.45) is 7.85. The first-order valence-corrected chi connectivity index (χ1v) is 8.10. The lowest BCUT2D eigenvalue weighted by molar-refractivity contribution is 0.101. The van der Waals surface area contributed by atoms with Gasteiger partial charge in [0.15, 0.2) is 0 Å². The van der Waals surface area contributed by atoms with Crippen LogP contribution in [0.2, 0.25) is 0 Å². The van der Waals surface area contributed by atoms with E-state index in [1.165, 1.54) is 37.7 Å². The Morgan fingerprint density at radius 2 is 2.16 bits per heavy atom. The Balaban J connectivity index is 1.71. The van der Waals surface area contributed by atoms with E-state index in [0.29, 0.717) is 12.1 Å². The molecule has 106 valence electrons. The van der Waals surface area contributed by atoms with E-state index < -0.39 is 0 Å². The second kappa shape index (κ2) is 8.03. The summed E-state index contributed by atoms with van der Waals surface area (Å²) in [5.74, 6) is 0. The first kappa shape index (κ1) is 15.0. The molecule has 2 nitrogen and oxygen atoms in total. The summed E-state index contributed by atoms with van der Waals surface area (Å²) in [5.41, 5.74) is 1.40. The van der Waals surface area contributed by atoms with Crippen LogP contribution in [0.3, 0.4) is 0 Å². The van der Waals surface area contributed by atoms with Gasteiger partial charge in [0.1, 0.15) is 0 Å². The second-order valence-electron chi connectivity index (χ2n) is 5.38. The molecule has 0 aliphatic carbocycles. The lowest BCUT2D eigenvalue weighted by Gasteiger charge is -2.17. The van der Waals surface area contributed by atoms with Gasteiger partial charge in [-0.2, -0.15) is 0 Å². The van der Waals surface area contributed by atoms with Crippen molar-refractivity contribution in [1.29, 1.82) is 0 Å². The highest BCUT2D eigenvalue weighted by molar-refractivity contribution is 9.10. The Labute approximate surface area is 125 Å². The smallest absolute Gasteiger partial charge is 0.0576 e. The summed E-state index contributed by atoms with van der Waals surface area (Å²) >= 11 is 3.48. The maximum Gasteiger partial charge on any atom is 0.0576 e. The summed E-state index contributed by atoms with van der Waals surface area (Å²) < 4.78 is 6.82. The van der Waals surface area contributed by atoms with Crippen molar-refractivity contribution < 1.29 is 4.74 Å². The minimum Gasteiger partial charge on any atom is -0.378 e. The summed E-state index contributed by atoms with van der Waals surface area (Å²) in [4.78, 5) is 0. The lowest BCUT2D eigenvalue weighted by Crippen LogP contribution is -2.27. The number of hydrogen-bond donors (Lipinski definition) is 1. The Morgan fingerprint density at radius 3 is 2.79 bits per heavy atom. The van der Waals surface area contributed by atoms with E-state index >= 15 is 0 Å². The standard InChI is InChI=1S/C16H24BrNO/c1-18-15(4-2-5-16-6-3-11-19-16)12-13-7-9-14(17)10-8-13/h7-10,15-16,18H,2-6,11-12H2,1H3. The predicted molar refractivity (Wildman–Crippen MR) is 83.5 cm³/mol. The monoisotopic (exact) mass is 325 g/mol. The van der Waals surface area contributed by atoms with E-state index in [2.05, 4.69) is 52.6 Å². The topological polar surface area (TPSA) is 21.3 Å². The molecule has 2 unspecified atom stereocenters. The van der Waals surface area contributed by atoms with Crippen LogP contribution in [0.5, 0.6) is 0 Å². The summed E-state index contributed by atoms with van der Waals surface area (Å²) in [7, 11) is 2.07. The number of benzene rings is 1. The third-order valence-electron chi connectivity index (χ3n) is 3.91. The molecule has 19 heavy (non-hydrogen) atoms. The number of hydrogen-bond acceptors (Lipinski definition) is 2. The predicted octanol–water partition coefficient (Wildman–Crippen LogP) is 3.93. The Kier molecular flexibility index (Phi) is 6.35. The number of rotatable bonds is 7. The van der Waals surface area contributed by atoms with Gasteiger partial charge in [-0.3, -0.25) is 0 Å². The highest BCUT2D eigenvalue weighted by Gasteiger charge is 2.15. The molecule has 2 rings (SSSR count). The molecule has 0 radical (unpaired) electrons. The maximum absolute atomic E-state index is 5.67. The van der Waals surface area contributed by atoms with Crippen molar-refractivity contribution in [2.75, 3.05) is 13.7 Å². The van der Waals surface area contributed by atoms with Crippen LogP contribution in [0.15, 0.2) is 28.7 Å². The van der Waals surface area contributed by atoms with Gasteiger partial charge in [-0.15, -0.1) is 0 Å². The van der Waals surface area contributed by atoms with Crippen LogP contribution in [0.25, 0.3) is 0 Å². The number of nitrogens with one attached hydrogen (secondary N) is 1. The third-order valence-corrected chi connectivity index (χ3v) is 4.43. The minimum atomic E-state index is 0.533. The molecular weight excluding hydrogens is 302 g/mol. The van der Waals surface area contributed by atoms with Crippen LogP contribution in [0.1, 0.15) is 37.7 Å². The molecule has 0 spiro atoms. The quantitative estimate of drug-likeness (QED) is 0.820. The molecule has 1 heterocycles. The first-order valence-electron chi connectivity index (χ1n) is 7.31. The van der Waals surface area contributed by atoms with E-state index in [0.717, 1.165) is 17.5 Å². The third kappa shape index (κ3) is 5.25. The molecule has 0 aromatic heterocycles. The molecule has 1 aromatic rings. The van der Waals surface area contributed by atoms with Crippen LogP contribution in [-0.4, -0.2) is 25.8 Å². The zero-order valence-corrected chi connectivity index (χ0v) is 13.3. The van der Waals surface area contributed by atoms with Crippen molar-refractivity contribution >= 4 is 15.9 Å². The van der Waals surface area contributed by atoms with Gasteiger partial charge in [-0.25, -0.2) is 0 Å². The van der Waals surface area contributed by atoms with Crippen LogP contribution < -0.4 is 5.32 Å². The molecule has 1 saturated heterocycles. The van der Waals surface area contributed by atoms with Crippen molar-refractivity contribution in [3.05, 3.63) is 34.3 Å². The molecule has 1 aliphatic heterocycles. The molecule has 1 fully saturated rings. The summed E-state index contributed by atoms with van der Waals surface area (Å²) in [6.45, 7) is 0.971. The molecule has 1 aromatic carbocycles. The number of halogens is 1. The van der Waals surface area contributed by atoms with Crippen LogP contribution in [0.4, 0.5) is 0 Å². The average molecular weight is 326 g/mol. The second-order valence-corrected chi connectivity index (χ2v) is 6.30. The molecular formula is C16H24BrNO. The number of ether oxygens (including phenoxy) is 1. The fraction of sp³-hybridized carbons (Fsp3) is 0.625. The summed E-state index contributed by atoms with van der Waals surface area (Å²) in [5, 5.41) is 3.44. The van der Waals surface area contributed by atoms with Crippen molar-refractivity contribution in [2.24, 2.45) is 0 Å². The fourth-order valence-corrected chi connectivity index (χ4v) is 2.98. The number of likely N-dealkylation sites (N-methyl/N-ethyl adjacent to an activating group) is 1.